The van der Waals surface area contributed by atoms with Gasteiger partial charge in [-0.2, -0.15) is 0 Å². The van der Waals surface area contributed by atoms with Crippen molar-refractivity contribution < 1.29 is 44.1 Å². The van der Waals surface area contributed by atoms with Crippen LogP contribution in [-0.2, 0) is 41.6 Å². The summed E-state index contributed by atoms with van der Waals surface area (Å²) in [5, 5.41) is 41.3. The number of hydrogen-bond acceptors (Lipinski definition) is 9. The highest BCUT2D eigenvalue weighted by Crippen LogP contribution is 2.21. The van der Waals surface area contributed by atoms with Gasteiger partial charge in [0.05, 0.1) is 12.7 Å². The number of carboxylic acids is 1. The molecule has 16 heteroatoms. The fourth-order valence-corrected chi connectivity index (χ4v) is 6.51. The van der Waals surface area contributed by atoms with Crippen LogP contribution in [0.1, 0.15) is 51.2 Å². The third-order valence-corrected chi connectivity index (χ3v) is 9.84. The number of hydrogen-bond donors (Lipinski definition) is 9. The second-order valence-electron chi connectivity index (χ2n) is 13.8. The molecule has 1 fully saturated rings. The molecule has 0 bridgehead atoms. The molecule has 0 aliphatic carbocycles. The van der Waals surface area contributed by atoms with Crippen LogP contribution in [0, 0.1) is 5.92 Å². The Morgan fingerprint density at radius 3 is 2.17 bits per heavy atom. The molecule has 1 aromatic heterocycles. The van der Waals surface area contributed by atoms with E-state index < -0.39 is 90.4 Å². The number of aliphatic carboxylic acids is 1. The Kier molecular flexibility index (Phi) is 14.7. The Morgan fingerprint density at radius 2 is 1.52 bits per heavy atom. The van der Waals surface area contributed by atoms with Crippen molar-refractivity contribution >= 4 is 46.4 Å². The van der Waals surface area contributed by atoms with E-state index in [4.69, 9.17) is 5.73 Å². The Bertz CT molecular complexity index is 1780. The number of aromatic nitrogens is 1. The van der Waals surface area contributed by atoms with Crippen LogP contribution < -0.4 is 27.0 Å². The van der Waals surface area contributed by atoms with Crippen LogP contribution in [0.4, 0.5) is 0 Å². The third-order valence-electron chi connectivity index (χ3n) is 9.84. The van der Waals surface area contributed by atoms with Gasteiger partial charge in [-0.25, -0.2) is 4.79 Å². The number of carbonyl (C=O) groups is 6. The average molecular weight is 750 g/mol. The molecule has 0 saturated carbocycles. The van der Waals surface area contributed by atoms with Crippen molar-refractivity contribution in [2.24, 2.45) is 11.7 Å². The van der Waals surface area contributed by atoms with Crippen molar-refractivity contribution in [1.82, 2.24) is 31.2 Å². The van der Waals surface area contributed by atoms with E-state index in [9.17, 15) is 44.1 Å². The van der Waals surface area contributed by atoms with Crippen LogP contribution in [0.3, 0.4) is 0 Å². The summed E-state index contributed by atoms with van der Waals surface area (Å²) in [6.07, 6.45) is 1.40. The summed E-state index contributed by atoms with van der Waals surface area (Å²) in [4.78, 5) is 84.2. The first-order valence-electron chi connectivity index (χ1n) is 18.1. The molecular weight excluding hydrogens is 698 g/mol. The number of para-hydroxylation sites is 1. The lowest BCUT2D eigenvalue weighted by molar-refractivity contribution is -0.143. The fourth-order valence-electron chi connectivity index (χ4n) is 6.51. The lowest BCUT2D eigenvalue weighted by Crippen LogP contribution is -2.62. The molecule has 4 rings (SSSR count). The van der Waals surface area contributed by atoms with Crippen LogP contribution in [0.5, 0.6) is 0 Å². The van der Waals surface area contributed by atoms with Gasteiger partial charge in [0.15, 0.2) is 0 Å². The number of aliphatic hydroxyl groups excluding tert-OH is 2. The normalized spacial score (nSPS) is 18.0. The minimum absolute atomic E-state index is 0.0214. The largest absolute Gasteiger partial charge is 0.480 e. The average Bonchev–Trinajstić information content (AvgIpc) is 3.82. The monoisotopic (exact) mass is 749 g/mol. The molecule has 5 amide bonds. The summed E-state index contributed by atoms with van der Waals surface area (Å²) in [6, 6.07) is 8.56. The zero-order valence-corrected chi connectivity index (χ0v) is 30.7. The van der Waals surface area contributed by atoms with Crippen LogP contribution in [0.2, 0.25) is 0 Å². The summed E-state index contributed by atoms with van der Waals surface area (Å²) in [6.45, 7) is 4.44. The summed E-state index contributed by atoms with van der Waals surface area (Å²) in [5.41, 5.74) is 7.86. The number of rotatable bonds is 18. The molecule has 16 nitrogen and oxygen atoms in total. The van der Waals surface area contributed by atoms with Crippen LogP contribution in [0.25, 0.3) is 10.9 Å². The van der Waals surface area contributed by atoms with Crippen LogP contribution in [-0.4, -0.2) is 116 Å². The highest BCUT2D eigenvalue weighted by atomic mass is 16.4. The second kappa shape index (κ2) is 19.1. The smallest absolute Gasteiger partial charge is 0.326 e. The number of aliphatic hydroxyl groups is 2. The number of aromatic amines is 1. The van der Waals surface area contributed by atoms with Crippen LogP contribution >= 0.6 is 0 Å². The van der Waals surface area contributed by atoms with Crippen LogP contribution in [0.15, 0.2) is 60.8 Å². The number of nitrogens with two attached hydrogens (primary N) is 1. The minimum atomic E-state index is -1.54. The maximum Gasteiger partial charge on any atom is 0.326 e. The van der Waals surface area contributed by atoms with Crippen molar-refractivity contribution in [3.8, 4) is 0 Å². The number of H-pyrrole nitrogens is 1. The van der Waals surface area contributed by atoms with E-state index in [0.717, 1.165) is 10.9 Å². The number of fused-ring (bicyclic) bond motifs is 1. The van der Waals surface area contributed by atoms with Crippen molar-refractivity contribution in [3.63, 3.8) is 0 Å². The molecule has 1 saturated heterocycles. The summed E-state index contributed by atoms with van der Waals surface area (Å²) < 4.78 is 0. The van der Waals surface area contributed by atoms with Gasteiger partial charge in [-0.05, 0) is 42.9 Å². The molecule has 54 heavy (non-hydrogen) atoms. The van der Waals surface area contributed by atoms with Crippen molar-refractivity contribution in [1.29, 1.82) is 0 Å². The molecule has 1 aliphatic rings. The quantitative estimate of drug-likeness (QED) is 0.0822. The van der Waals surface area contributed by atoms with Crippen molar-refractivity contribution in [2.45, 2.75) is 95.2 Å². The number of nitrogens with zero attached hydrogens (tertiary/aromatic N) is 1. The first-order valence-corrected chi connectivity index (χ1v) is 18.1. The van der Waals surface area contributed by atoms with Gasteiger partial charge in [0.1, 0.15) is 36.3 Å². The predicted molar refractivity (Wildman–Crippen MR) is 198 cm³/mol. The van der Waals surface area contributed by atoms with E-state index in [-0.39, 0.29) is 25.8 Å². The fraction of sp³-hybridized carbons (Fsp3) is 0.474. The standard InChI is InChI=1S/C38H51N7O9/c1-4-21(2)31(35(50)42-29(38(53)54)18-24-19-40-27-14-9-8-13-25(24)27)43-33(48)28(17-23-11-6-5-7-12-23)41-36(51)32(22(3)47)44-34(49)30-15-10-16-45(30)37(52)26(39)20-46/h5-9,11-14,19,21-22,26,28-32,40,46-47H,4,10,15-18,20,39H2,1-3H3,(H,41,51)(H,42,50)(H,43,48)(H,44,49)(H,53,54)/t21-,22+,26-,28-,29-,30-,31-,32-/m0/s1. The van der Waals surface area contributed by atoms with Gasteiger partial charge in [0.25, 0.3) is 0 Å². The number of amides is 5. The maximum absolute atomic E-state index is 14.0. The summed E-state index contributed by atoms with van der Waals surface area (Å²) in [7, 11) is 0. The number of benzene rings is 2. The van der Waals surface area contributed by atoms with E-state index in [2.05, 4.69) is 26.3 Å². The highest BCUT2D eigenvalue weighted by molar-refractivity contribution is 5.97. The molecule has 10 N–H and O–H groups in total. The Morgan fingerprint density at radius 1 is 0.870 bits per heavy atom. The first-order chi connectivity index (χ1) is 25.7. The van der Waals surface area contributed by atoms with E-state index >= 15 is 0 Å². The Hall–Kier alpha value is -5.32. The van der Waals surface area contributed by atoms with Crippen molar-refractivity contribution in [2.75, 3.05) is 13.2 Å². The Balaban J connectivity index is 1.52. The predicted octanol–water partition coefficient (Wildman–Crippen LogP) is -0.286. The highest BCUT2D eigenvalue weighted by Gasteiger charge is 2.39. The maximum atomic E-state index is 14.0. The van der Waals surface area contributed by atoms with E-state index in [1.807, 2.05) is 31.2 Å². The number of carboxylic acid groups (broad SMARTS) is 1. The minimum Gasteiger partial charge on any atom is -0.480 e. The number of carbonyl (C=O) groups excluding carboxylic acids is 5. The van der Waals surface area contributed by atoms with E-state index in [0.29, 0.717) is 24.0 Å². The Labute approximate surface area is 313 Å². The topological polar surface area (TPSA) is 256 Å². The van der Waals surface area contributed by atoms with Gasteiger partial charge in [-0.15, -0.1) is 0 Å². The molecule has 8 atom stereocenters. The molecule has 0 radical (unpaired) electrons. The van der Waals surface area contributed by atoms with Gasteiger partial charge in [0, 0.05) is 36.5 Å². The SMILES string of the molecule is CC[C@H](C)[C@H](NC(=O)[C@H](Cc1ccccc1)NC(=O)[C@@H](NC(=O)[C@@H]1CCCN1C(=O)[C@@H](N)CO)[C@@H](C)O)C(=O)N[C@@H](Cc1c[nH]c2ccccc12)C(=O)O. The summed E-state index contributed by atoms with van der Waals surface area (Å²) in [5.74, 6) is -5.43. The molecule has 0 unspecified atom stereocenters. The summed E-state index contributed by atoms with van der Waals surface area (Å²) >= 11 is 0. The van der Waals surface area contributed by atoms with Gasteiger partial charge in [-0.1, -0.05) is 68.8 Å². The van der Waals surface area contributed by atoms with Gasteiger partial charge >= 0.3 is 5.97 Å². The molecule has 2 heterocycles. The van der Waals surface area contributed by atoms with E-state index in [1.54, 1.807) is 43.5 Å². The van der Waals surface area contributed by atoms with Gasteiger partial charge < -0.3 is 52.2 Å². The number of likely N-dealkylation sites (tertiary alicyclic amines) is 1. The molecule has 292 valence electrons. The zero-order chi connectivity index (χ0) is 39.5. The second-order valence-corrected chi connectivity index (χ2v) is 13.8. The molecule has 0 spiro atoms. The number of nitrogens with one attached hydrogen (secondary N) is 5. The molecule has 1 aliphatic heterocycles. The lowest BCUT2D eigenvalue weighted by Gasteiger charge is -2.30. The van der Waals surface area contributed by atoms with Crippen molar-refractivity contribution in [3.05, 3.63) is 71.9 Å². The first kappa shape index (κ1) is 41.4. The molecule has 2 aromatic carbocycles. The molecule has 3 aromatic rings. The zero-order valence-electron chi connectivity index (χ0n) is 30.7. The lowest BCUT2D eigenvalue weighted by atomic mass is 9.96. The third kappa shape index (κ3) is 10.4. The van der Waals surface area contributed by atoms with E-state index in [1.165, 1.54) is 11.8 Å². The van der Waals surface area contributed by atoms with Gasteiger partial charge in [-0.3, -0.25) is 24.0 Å². The van der Waals surface area contributed by atoms with Gasteiger partial charge in [0.2, 0.25) is 29.5 Å². The molecular formula is C38H51N7O9.